The summed E-state index contributed by atoms with van der Waals surface area (Å²) in [6, 6.07) is 3.38. The maximum absolute atomic E-state index is 12.5. The molecule has 116 valence electrons. The third kappa shape index (κ3) is 5.06. The number of ether oxygens (including phenoxy) is 1. The molecule has 0 unspecified atom stereocenters. The fourth-order valence-electron chi connectivity index (χ4n) is 1.84. The first kappa shape index (κ1) is 16.9. The molecule has 0 spiro atoms. The molecule has 1 aromatic rings. The first-order valence-electron chi connectivity index (χ1n) is 7.16. The number of nitrogens with zero attached hydrogens (tertiary/aromatic N) is 2. The van der Waals surface area contributed by atoms with Gasteiger partial charge < -0.3 is 15.0 Å². The number of carbonyl (C=O) groups excluding carboxylic acids is 2. The van der Waals surface area contributed by atoms with Crippen molar-refractivity contribution in [2.24, 2.45) is 0 Å². The standard InChI is InChI=1S/C15H23N3O3/c1-5-18(10-13(19)17-11(3)4)15(20)12-8-7-9-16-14(12)21-6-2/h7-9,11H,5-6,10H2,1-4H3,(H,17,19). The van der Waals surface area contributed by atoms with E-state index < -0.39 is 0 Å². The van der Waals surface area contributed by atoms with Gasteiger partial charge in [-0.1, -0.05) is 0 Å². The van der Waals surface area contributed by atoms with Crippen molar-refractivity contribution in [1.82, 2.24) is 15.2 Å². The molecule has 0 saturated carbocycles. The lowest BCUT2D eigenvalue weighted by molar-refractivity contribution is -0.122. The van der Waals surface area contributed by atoms with Gasteiger partial charge in [-0.05, 0) is 39.8 Å². The number of pyridine rings is 1. The van der Waals surface area contributed by atoms with Gasteiger partial charge in [0, 0.05) is 18.8 Å². The second kappa shape index (κ2) is 8.24. The Hall–Kier alpha value is -2.11. The van der Waals surface area contributed by atoms with Crippen molar-refractivity contribution in [2.45, 2.75) is 33.7 Å². The number of hydrogen-bond donors (Lipinski definition) is 1. The minimum absolute atomic E-state index is 0.0218. The number of likely N-dealkylation sites (N-methyl/N-ethyl adjacent to an activating group) is 1. The van der Waals surface area contributed by atoms with Crippen LogP contribution in [0.4, 0.5) is 0 Å². The predicted molar refractivity (Wildman–Crippen MR) is 80.3 cm³/mol. The molecule has 1 aromatic heterocycles. The van der Waals surface area contributed by atoms with Crippen molar-refractivity contribution in [3.05, 3.63) is 23.9 Å². The second-order valence-corrected chi connectivity index (χ2v) is 4.83. The zero-order valence-electron chi connectivity index (χ0n) is 13.0. The van der Waals surface area contributed by atoms with Crippen LogP contribution in [0.25, 0.3) is 0 Å². The predicted octanol–water partition coefficient (Wildman–Crippen LogP) is 1.47. The molecule has 6 heteroatoms. The Morgan fingerprint density at radius 2 is 2.10 bits per heavy atom. The molecule has 0 atom stereocenters. The third-order valence-corrected chi connectivity index (χ3v) is 2.74. The van der Waals surface area contributed by atoms with Crippen molar-refractivity contribution < 1.29 is 14.3 Å². The minimum Gasteiger partial charge on any atom is -0.477 e. The van der Waals surface area contributed by atoms with E-state index in [-0.39, 0.29) is 24.4 Å². The van der Waals surface area contributed by atoms with Gasteiger partial charge in [0.1, 0.15) is 5.56 Å². The van der Waals surface area contributed by atoms with E-state index in [2.05, 4.69) is 10.3 Å². The quantitative estimate of drug-likeness (QED) is 0.826. The highest BCUT2D eigenvalue weighted by molar-refractivity contribution is 5.98. The van der Waals surface area contributed by atoms with Crippen LogP contribution in [0, 0.1) is 0 Å². The van der Waals surface area contributed by atoms with Crippen LogP contribution in [0.5, 0.6) is 5.88 Å². The Morgan fingerprint density at radius 1 is 1.38 bits per heavy atom. The molecule has 21 heavy (non-hydrogen) atoms. The Balaban J connectivity index is 2.86. The monoisotopic (exact) mass is 293 g/mol. The number of amides is 2. The topological polar surface area (TPSA) is 71.5 Å². The number of hydrogen-bond acceptors (Lipinski definition) is 4. The van der Waals surface area contributed by atoms with E-state index in [4.69, 9.17) is 4.74 Å². The van der Waals surface area contributed by atoms with Crippen LogP contribution in [-0.2, 0) is 4.79 Å². The fraction of sp³-hybridized carbons (Fsp3) is 0.533. The van der Waals surface area contributed by atoms with E-state index >= 15 is 0 Å². The lowest BCUT2D eigenvalue weighted by atomic mass is 10.2. The summed E-state index contributed by atoms with van der Waals surface area (Å²) in [4.78, 5) is 29.9. The van der Waals surface area contributed by atoms with Crippen molar-refractivity contribution >= 4 is 11.8 Å². The maximum Gasteiger partial charge on any atom is 0.259 e. The lowest BCUT2D eigenvalue weighted by Crippen LogP contribution is -2.42. The number of rotatable bonds is 7. The van der Waals surface area contributed by atoms with E-state index in [1.54, 1.807) is 18.3 Å². The molecule has 2 amide bonds. The minimum atomic E-state index is -0.257. The molecule has 6 nitrogen and oxygen atoms in total. The highest BCUT2D eigenvalue weighted by atomic mass is 16.5. The summed E-state index contributed by atoms with van der Waals surface area (Å²) in [6.07, 6.45) is 1.57. The summed E-state index contributed by atoms with van der Waals surface area (Å²) in [5.41, 5.74) is 0.374. The van der Waals surface area contributed by atoms with Crippen molar-refractivity contribution in [2.75, 3.05) is 19.7 Å². The lowest BCUT2D eigenvalue weighted by Gasteiger charge is -2.22. The van der Waals surface area contributed by atoms with Gasteiger partial charge in [-0.15, -0.1) is 0 Å². The third-order valence-electron chi connectivity index (χ3n) is 2.74. The molecule has 0 fully saturated rings. The van der Waals surface area contributed by atoms with Crippen molar-refractivity contribution in [1.29, 1.82) is 0 Å². The van der Waals surface area contributed by atoms with Gasteiger partial charge in [0.05, 0.1) is 13.2 Å². The molecule has 0 aliphatic heterocycles. The molecular weight excluding hydrogens is 270 g/mol. The molecule has 1 N–H and O–H groups in total. The van der Waals surface area contributed by atoms with Gasteiger partial charge in [0.2, 0.25) is 11.8 Å². The zero-order valence-corrected chi connectivity index (χ0v) is 13.0. The Labute approximate surface area is 125 Å². The van der Waals surface area contributed by atoms with E-state index in [1.807, 2.05) is 27.7 Å². The Kier molecular flexibility index (Phi) is 6.65. The summed E-state index contributed by atoms with van der Waals surface area (Å²) in [5, 5.41) is 2.77. The average Bonchev–Trinajstić information content (AvgIpc) is 2.44. The van der Waals surface area contributed by atoms with Crippen molar-refractivity contribution in [3.63, 3.8) is 0 Å². The molecule has 0 aliphatic carbocycles. The van der Waals surface area contributed by atoms with Gasteiger partial charge in [-0.3, -0.25) is 9.59 Å². The van der Waals surface area contributed by atoms with Crippen LogP contribution >= 0.6 is 0 Å². The number of carbonyl (C=O) groups is 2. The largest absolute Gasteiger partial charge is 0.477 e. The SMILES string of the molecule is CCOc1ncccc1C(=O)N(CC)CC(=O)NC(C)C. The van der Waals surface area contributed by atoms with Gasteiger partial charge >= 0.3 is 0 Å². The van der Waals surface area contributed by atoms with Gasteiger partial charge in [0.25, 0.3) is 5.91 Å². The summed E-state index contributed by atoms with van der Waals surface area (Å²) in [6.45, 7) is 8.30. The molecular formula is C15H23N3O3. The van der Waals surface area contributed by atoms with Crippen LogP contribution in [0.3, 0.4) is 0 Å². The van der Waals surface area contributed by atoms with Gasteiger partial charge in [-0.2, -0.15) is 0 Å². The number of nitrogens with one attached hydrogen (secondary N) is 1. The molecule has 1 heterocycles. The van der Waals surface area contributed by atoms with Crippen molar-refractivity contribution in [3.8, 4) is 5.88 Å². The summed E-state index contributed by atoms with van der Waals surface area (Å²) < 4.78 is 5.36. The first-order valence-corrected chi connectivity index (χ1v) is 7.16. The van der Waals surface area contributed by atoms with Crippen LogP contribution < -0.4 is 10.1 Å². The maximum atomic E-state index is 12.5. The smallest absolute Gasteiger partial charge is 0.259 e. The molecule has 0 bridgehead atoms. The molecule has 0 saturated heterocycles. The van der Waals surface area contributed by atoms with Crippen LogP contribution in [0.1, 0.15) is 38.1 Å². The summed E-state index contributed by atoms with van der Waals surface area (Å²) in [5.74, 6) is -0.136. The summed E-state index contributed by atoms with van der Waals surface area (Å²) in [7, 11) is 0. The summed E-state index contributed by atoms with van der Waals surface area (Å²) >= 11 is 0. The van der Waals surface area contributed by atoms with E-state index in [9.17, 15) is 9.59 Å². The highest BCUT2D eigenvalue weighted by Gasteiger charge is 2.21. The Morgan fingerprint density at radius 3 is 2.67 bits per heavy atom. The molecule has 0 aliphatic rings. The Bertz CT molecular complexity index is 489. The van der Waals surface area contributed by atoms with Crippen LogP contribution in [0.2, 0.25) is 0 Å². The normalized spacial score (nSPS) is 10.3. The van der Waals surface area contributed by atoms with E-state index in [1.165, 1.54) is 4.90 Å². The number of aromatic nitrogens is 1. The first-order chi connectivity index (χ1) is 9.99. The van der Waals surface area contributed by atoms with E-state index in [0.717, 1.165) is 0 Å². The zero-order chi connectivity index (χ0) is 15.8. The van der Waals surface area contributed by atoms with Crippen LogP contribution in [0.15, 0.2) is 18.3 Å². The van der Waals surface area contributed by atoms with E-state index in [0.29, 0.717) is 24.6 Å². The average molecular weight is 293 g/mol. The second-order valence-electron chi connectivity index (χ2n) is 4.83. The molecule has 0 aromatic carbocycles. The molecule has 1 rings (SSSR count). The fourth-order valence-corrected chi connectivity index (χ4v) is 1.84. The van der Waals surface area contributed by atoms with Gasteiger partial charge in [0.15, 0.2) is 0 Å². The van der Waals surface area contributed by atoms with Crippen LogP contribution in [-0.4, -0.2) is 47.4 Å². The van der Waals surface area contributed by atoms with Gasteiger partial charge in [-0.25, -0.2) is 4.98 Å². The highest BCUT2D eigenvalue weighted by Crippen LogP contribution is 2.16. The molecule has 0 radical (unpaired) electrons.